The van der Waals surface area contributed by atoms with E-state index in [4.69, 9.17) is 22.7 Å². The lowest BCUT2D eigenvalue weighted by atomic mass is 10.0. The first-order chi connectivity index (χ1) is 12.2. The molecule has 0 aliphatic carbocycles. The number of nitrogens with two attached hydrogens (primary N) is 1. The molecule has 1 atom stereocenters. The monoisotopic (exact) mass is 382 g/mol. The summed E-state index contributed by atoms with van der Waals surface area (Å²) in [7, 11) is 1.20. The molecule has 2 aromatic carbocycles. The number of hydrogen-bond acceptors (Lipinski definition) is 4. The zero-order valence-electron chi connectivity index (χ0n) is 13.8. The smallest absolute Gasteiger partial charge is 0.417 e. The molecular weight excluding hydrogens is 365 g/mol. The zero-order valence-corrected chi connectivity index (χ0v) is 14.7. The molecule has 138 valence electrons. The molecule has 0 aromatic heterocycles. The topological polar surface area (TPSA) is 64.3 Å². The van der Waals surface area contributed by atoms with E-state index < -0.39 is 23.8 Å². The Hall–Kier alpha value is -2.61. The Morgan fingerprint density at radius 1 is 1.19 bits per heavy atom. The third kappa shape index (κ3) is 4.95. The highest BCUT2D eigenvalue weighted by Gasteiger charge is 2.34. The number of hydrogen-bond donors (Lipinski definition) is 2. The van der Waals surface area contributed by atoms with Crippen LogP contribution in [0.15, 0.2) is 48.5 Å². The third-order valence-corrected chi connectivity index (χ3v) is 4.03. The number of carbonyl (C=O) groups excluding carboxylic acids is 1. The van der Waals surface area contributed by atoms with Gasteiger partial charge in [-0.15, -0.1) is 0 Å². The first-order valence-corrected chi connectivity index (χ1v) is 8.02. The standard InChI is InChI=1S/C18H17F3N2O2S/c1-25-17(24)15(10-11-6-8-12(22)9-7-11)23-16(26)13-4-2-3-5-14(13)18(19,20)21/h2-9,15H,10,22H2,1H3,(H,23,26)/t15-/m0/s1. The summed E-state index contributed by atoms with van der Waals surface area (Å²) < 4.78 is 44.2. The van der Waals surface area contributed by atoms with Gasteiger partial charge in [-0.2, -0.15) is 13.2 Å². The maximum absolute atomic E-state index is 13.2. The summed E-state index contributed by atoms with van der Waals surface area (Å²) in [5, 5.41) is 2.69. The predicted molar refractivity (Wildman–Crippen MR) is 96.6 cm³/mol. The lowest BCUT2D eigenvalue weighted by molar-refractivity contribution is -0.142. The van der Waals surface area contributed by atoms with Crippen molar-refractivity contribution in [3.05, 3.63) is 65.2 Å². The van der Waals surface area contributed by atoms with Crippen LogP contribution in [0.25, 0.3) is 0 Å². The number of rotatable bonds is 5. The van der Waals surface area contributed by atoms with Gasteiger partial charge in [-0.3, -0.25) is 0 Å². The SMILES string of the molecule is COC(=O)[C@H](Cc1ccc(N)cc1)NC(=S)c1ccccc1C(F)(F)F. The summed E-state index contributed by atoms with van der Waals surface area (Å²) in [4.78, 5) is 11.9. The summed E-state index contributed by atoms with van der Waals surface area (Å²) in [5.41, 5.74) is 5.88. The maximum Gasteiger partial charge on any atom is 0.417 e. The fourth-order valence-electron chi connectivity index (χ4n) is 2.39. The van der Waals surface area contributed by atoms with Gasteiger partial charge >= 0.3 is 12.1 Å². The lowest BCUT2D eigenvalue weighted by Crippen LogP contribution is -2.43. The van der Waals surface area contributed by atoms with Crippen LogP contribution in [0.4, 0.5) is 18.9 Å². The van der Waals surface area contributed by atoms with Gasteiger partial charge in [0.25, 0.3) is 0 Å². The van der Waals surface area contributed by atoms with Crippen molar-refractivity contribution in [1.82, 2.24) is 5.32 Å². The van der Waals surface area contributed by atoms with E-state index in [1.165, 1.54) is 25.3 Å². The normalized spacial score (nSPS) is 12.3. The molecule has 0 saturated heterocycles. The van der Waals surface area contributed by atoms with Gasteiger partial charge in [-0.25, -0.2) is 4.79 Å². The van der Waals surface area contributed by atoms with E-state index in [1.807, 2.05) is 0 Å². The van der Waals surface area contributed by atoms with Crippen LogP contribution in [0.3, 0.4) is 0 Å². The molecule has 4 nitrogen and oxygen atoms in total. The molecule has 0 amide bonds. The van der Waals surface area contributed by atoms with E-state index in [0.717, 1.165) is 11.6 Å². The van der Waals surface area contributed by atoms with Crippen LogP contribution in [-0.4, -0.2) is 24.1 Å². The average molecular weight is 382 g/mol. The minimum atomic E-state index is -4.56. The van der Waals surface area contributed by atoms with Crippen molar-refractivity contribution in [3.63, 3.8) is 0 Å². The van der Waals surface area contributed by atoms with Gasteiger partial charge in [-0.05, 0) is 23.8 Å². The van der Waals surface area contributed by atoms with Crippen LogP contribution in [0.2, 0.25) is 0 Å². The molecule has 0 fully saturated rings. The molecule has 0 radical (unpaired) electrons. The van der Waals surface area contributed by atoms with Gasteiger partial charge in [0.05, 0.1) is 12.7 Å². The molecule has 2 aromatic rings. The summed E-state index contributed by atoms with van der Waals surface area (Å²) in [6, 6.07) is 10.8. The van der Waals surface area contributed by atoms with Crippen LogP contribution in [0, 0.1) is 0 Å². The highest BCUT2D eigenvalue weighted by molar-refractivity contribution is 7.80. The summed E-state index contributed by atoms with van der Waals surface area (Å²) in [6.07, 6.45) is -4.37. The molecule has 3 N–H and O–H groups in total. The fourth-order valence-corrected chi connectivity index (χ4v) is 2.71. The second kappa shape index (κ2) is 8.18. The van der Waals surface area contributed by atoms with Crippen molar-refractivity contribution in [1.29, 1.82) is 0 Å². The fraction of sp³-hybridized carbons (Fsp3) is 0.222. The molecule has 0 unspecified atom stereocenters. The molecule has 0 aliphatic rings. The number of halogens is 3. The Morgan fingerprint density at radius 2 is 1.81 bits per heavy atom. The third-order valence-electron chi connectivity index (χ3n) is 3.69. The highest BCUT2D eigenvalue weighted by atomic mass is 32.1. The van der Waals surface area contributed by atoms with Crippen LogP contribution in [0.5, 0.6) is 0 Å². The number of esters is 1. The lowest BCUT2D eigenvalue weighted by Gasteiger charge is -2.20. The number of carbonyl (C=O) groups is 1. The number of anilines is 1. The molecule has 0 saturated carbocycles. The minimum Gasteiger partial charge on any atom is -0.467 e. The summed E-state index contributed by atoms with van der Waals surface area (Å²) in [6.45, 7) is 0. The number of benzene rings is 2. The molecular formula is C18H17F3N2O2S. The highest BCUT2D eigenvalue weighted by Crippen LogP contribution is 2.32. The number of nitrogens with one attached hydrogen (secondary N) is 1. The van der Waals surface area contributed by atoms with Gasteiger partial charge in [0.15, 0.2) is 0 Å². The van der Waals surface area contributed by atoms with E-state index in [9.17, 15) is 18.0 Å². The minimum absolute atomic E-state index is 0.177. The second-order valence-corrected chi connectivity index (χ2v) is 5.95. The molecule has 8 heteroatoms. The molecule has 26 heavy (non-hydrogen) atoms. The molecule has 0 heterocycles. The Labute approximate surface area is 154 Å². The molecule has 0 bridgehead atoms. The first kappa shape index (κ1) is 19.7. The zero-order chi connectivity index (χ0) is 19.3. The van der Waals surface area contributed by atoms with Crippen LogP contribution < -0.4 is 11.1 Å². The van der Waals surface area contributed by atoms with E-state index in [1.54, 1.807) is 24.3 Å². The van der Waals surface area contributed by atoms with Gasteiger partial charge in [0.2, 0.25) is 0 Å². The van der Waals surface area contributed by atoms with Crippen molar-refractivity contribution in [3.8, 4) is 0 Å². The van der Waals surface area contributed by atoms with Gasteiger partial charge < -0.3 is 15.8 Å². The van der Waals surface area contributed by atoms with Crippen LogP contribution in [-0.2, 0) is 22.1 Å². The van der Waals surface area contributed by atoms with Gasteiger partial charge in [-0.1, -0.05) is 42.5 Å². The Morgan fingerprint density at radius 3 is 2.38 bits per heavy atom. The number of alkyl halides is 3. The van der Waals surface area contributed by atoms with Crippen molar-refractivity contribution in [2.24, 2.45) is 0 Å². The van der Waals surface area contributed by atoms with E-state index in [-0.39, 0.29) is 17.0 Å². The van der Waals surface area contributed by atoms with Crippen molar-refractivity contribution in [2.75, 3.05) is 12.8 Å². The van der Waals surface area contributed by atoms with E-state index in [2.05, 4.69) is 5.32 Å². The summed E-state index contributed by atoms with van der Waals surface area (Å²) >= 11 is 5.12. The van der Waals surface area contributed by atoms with Crippen LogP contribution in [0.1, 0.15) is 16.7 Å². The first-order valence-electron chi connectivity index (χ1n) is 7.61. The quantitative estimate of drug-likeness (QED) is 0.472. The Bertz CT molecular complexity index is 792. The number of methoxy groups -OCH3 is 1. The van der Waals surface area contributed by atoms with Gasteiger partial charge in [0.1, 0.15) is 11.0 Å². The summed E-state index contributed by atoms with van der Waals surface area (Å²) in [5.74, 6) is -0.631. The Balaban J connectivity index is 2.25. The largest absolute Gasteiger partial charge is 0.467 e. The van der Waals surface area contributed by atoms with Crippen molar-refractivity contribution in [2.45, 2.75) is 18.6 Å². The van der Waals surface area contributed by atoms with Gasteiger partial charge in [0, 0.05) is 17.7 Å². The van der Waals surface area contributed by atoms with E-state index >= 15 is 0 Å². The number of nitrogen functional groups attached to an aromatic ring is 1. The van der Waals surface area contributed by atoms with Crippen molar-refractivity contribution < 1.29 is 22.7 Å². The molecule has 0 spiro atoms. The van der Waals surface area contributed by atoms with Crippen LogP contribution >= 0.6 is 12.2 Å². The predicted octanol–water partition coefficient (Wildman–Crippen LogP) is 3.34. The molecule has 2 rings (SSSR count). The number of ether oxygens (including phenoxy) is 1. The average Bonchev–Trinajstić information content (AvgIpc) is 2.61. The Kier molecular flexibility index (Phi) is 6.20. The second-order valence-electron chi connectivity index (χ2n) is 5.54. The number of thiocarbonyl (C=S) groups is 1. The maximum atomic E-state index is 13.2. The van der Waals surface area contributed by atoms with Crippen molar-refractivity contribution >= 4 is 28.9 Å². The van der Waals surface area contributed by atoms with E-state index in [0.29, 0.717) is 5.69 Å². The molecule has 0 aliphatic heterocycles.